The highest BCUT2D eigenvalue weighted by molar-refractivity contribution is 5.90. The van der Waals surface area contributed by atoms with E-state index >= 15 is 0 Å². The number of Topliss-reactive ketones (excluding diaryl/α,β-unsaturated/α-hetero) is 2. The SMILES string of the molecule is CC(=O)N[C@@H](C)C(=O)Cc1ccc(-c2nnc(-c3ccc(CC(=O)[C@H](C)NC(C)=O)cc3)o2)cc1. The molecule has 2 N–H and O–H groups in total. The van der Waals surface area contributed by atoms with Gasteiger partial charge in [-0.2, -0.15) is 0 Å². The Morgan fingerprint density at radius 2 is 1.03 bits per heavy atom. The minimum absolute atomic E-state index is 0.0808. The quantitative estimate of drug-likeness (QED) is 0.460. The zero-order valence-electron chi connectivity index (χ0n) is 20.1. The fourth-order valence-corrected chi connectivity index (χ4v) is 3.47. The Bertz CT molecular complexity index is 1120. The lowest BCUT2D eigenvalue weighted by Crippen LogP contribution is -2.37. The number of ketones is 2. The zero-order chi connectivity index (χ0) is 25.5. The van der Waals surface area contributed by atoms with E-state index in [2.05, 4.69) is 20.8 Å². The summed E-state index contributed by atoms with van der Waals surface area (Å²) in [6, 6.07) is 13.4. The molecular formula is C26H28N4O5. The number of nitrogens with one attached hydrogen (secondary N) is 2. The summed E-state index contributed by atoms with van der Waals surface area (Å²) in [5.74, 6) is 0.0347. The van der Waals surface area contributed by atoms with Crippen molar-refractivity contribution in [3.63, 3.8) is 0 Å². The summed E-state index contributed by atoms with van der Waals surface area (Å²) in [5, 5.41) is 13.4. The average Bonchev–Trinajstić information content (AvgIpc) is 3.29. The van der Waals surface area contributed by atoms with Gasteiger partial charge in [-0.15, -0.1) is 10.2 Å². The molecule has 0 aliphatic rings. The van der Waals surface area contributed by atoms with Gasteiger partial charge < -0.3 is 15.1 Å². The Morgan fingerprint density at radius 3 is 1.34 bits per heavy atom. The first-order chi connectivity index (χ1) is 16.6. The fourth-order valence-electron chi connectivity index (χ4n) is 3.47. The van der Waals surface area contributed by atoms with Gasteiger partial charge in [0, 0.05) is 37.8 Å². The van der Waals surface area contributed by atoms with E-state index in [4.69, 9.17) is 4.42 Å². The molecule has 2 amide bonds. The molecule has 0 radical (unpaired) electrons. The first kappa shape index (κ1) is 25.5. The molecule has 1 heterocycles. The van der Waals surface area contributed by atoms with Gasteiger partial charge in [0.15, 0.2) is 11.6 Å². The second kappa shape index (κ2) is 11.3. The fraction of sp³-hybridized carbons (Fsp3) is 0.308. The average molecular weight is 477 g/mol. The number of nitrogens with zero attached hydrogens (tertiary/aromatic N) is 2. The smallest absolute Gasteiger partial charge is 0.248 e. The number of aromatic nitrogens is 2. The van der Waals surface area contributed by atoms with Crippen LogP contribution in [0, 0.1) is 0 Å². The Kier molecular flexibility index (Phi) is 8.25. The third kappa shape index (κ3) is 7.17. The van der Waals surface area contributed by atoms with Gasteiger partial charge in [0.2, 0.25) is 23.6 Å². The lowest BCUT2D eigenvalue weighted by Gasteiger charge is -2.11. The number of rotatable bonds is 10. The number of carbonyl (C=O) groups excluding carboxylic acids is 4. The van der Waals surface area contributed by atoms with Gasteiger partial charge in [0.05, 0.1) is 12.1 Å². The van der Waals surface area contributed by atoms with E-state index in [1.807, 2.05) is 24.3 Å². The van der Waals surface area contributed by atoms with Gasteiger partial charge in [0.25, 0.3) is 0 Å². The summed E-state index contributed by atoms with van der Waals surface area (Å²) in [6.07, 6.45) is 0.407. The molecule has 0 aliphatic heterocycles. The molecule has 0 spiro atoms. The molecule has 2 atom stereocenters. The van der Waals surface area contributed by atoms with Crippen molar-refractivity contribution in [3.05, 3.63) is 59.7 Å². The topological polar surface area (TPSA) is 131 Å². The molecule has 35 heavy (non-hydrogen) atoms. The Morgan fingerprint density at radius 1 is 0.686 bits per heavy atom. The molecule has 0 saturated heterocycles. The van der Waals surface area contributed by atoms with Gasteiger partial charge in [-0.25, -0.2) is 0 Å². The summed E-state index contributed by atoms with van der Waals surface area (Å²) < 4.78 is 5.81. The maximum absolute atomic E-state index is 12.2. The number of hydrogen-bond acceptors (Lipinski definition) is 7. The molecule has 0 bridgehead atoms. The zero-order valence-corrected chi connectivity index (χ0v) is 20.1. The summed E-state index contributed by atoms with van der Waals surface area (Å²) in [6.45, 7) is 6.08. The third-order valence-corrected chi connectivity index (χ3v) is 5.39. The lowest BCUT2D eigenvalue weighted by atomic mass is 10.0. The van der Waals surface area contributed by atoms with Crippen molar-refractivity contribution >= 4 is 23.4 Å². The van der Waals surface area contributed by atoms with Crippen molar-refractivity contribution < 1.29 is 23.6 Å². The highest BCUT2D eigenvalue weighted by Crippen LogP contribution is 2.24. The van der Waals surface area contributed by atoms with Crippen molar-refractivity contribution in [1.82, 2.24) is 20.8 Å². The maximum Gasteiger partial charge on any atom is 0.248 e. The molecule has 2 aromatic carbocycles. The molecule has 182 valence electrons. The van der Waals surface area contributed by atoms with Crippen LogP contribution in [0.4, 0.5) is 0 Å². The molecule has 3 rings (SSSR count). The summed E-state index contributed by atoms with van der Waals surface area (Å²) in [4.78, 5) is 46.7. The number of amides is 2. The molecule has 0 unspecified atom stereocenters. The Hall–Kier alpha value is -4.14. The summed E-state index contributed by atoms with van der Waals surface area (Å²) in [5.41, 5.74) is 3.05. The van der Waals surface area contributed by atoms with E-state index in [0.717, 1.165) is 11.1 Å². The van der Waals surface area contributed by atoms with E-state index in [1.54, 1.807) is 38.1 Å². The summed E-state index contributed by atoms with van der Waals surface area (Å²) in [7, 11) is 0. The van der Waals surface area contributed by atoms with Gasteiger partial charge in [-0.1, -0.05) is 24.3 Å². The van der Waals surface area contributed by atoms with Crippen molar-refractivity contribution in [1.29, 1.82) is 0 Å². The van der Waals surface area contributed by atoms with E-state index in [9.17, 15) is 19.2 Å². The van der Waals surface area contributed by atoms with Gasteiger partial charge in [0.1, 0.15) is 0 Å². The number of benzene rings is 2. The summed E-state index contributed by atoms with van der Waals surface area (Å²) >= 11 is 0. The van der Waals surface area contributed by atoms with Crippen LogP contribution < -0.4 is 10.6 Å². The minimum Gasteiger partial charge on any atom is -0.416 e. The largest absolute Gasteiger partial charge is 0.416 e. The van der Waals surface area contributed by atoms with Gasteiger partial charge in [-0.3, -0.25) is 19.2 Å². The Balaban J connectivity index is 1.63. The van der Waals surface area contributed by atoms with E-state index in [-0.39, 0.29) is 36.2 Å². The highest BCUT2D eigenvalue weighted by atomic mass is 16.4. The van der Waals surface area contributed by atoms with Crippen molar-refractivity contribution in [2.24, 2.45) is 0 Å². The Labute approximate surface area is 203 Å². The van der Waals surface area contributed by atoms with Crippen molar-refractivity contribution in [3.8, 4) is 22.9 Å². The predicted molar refractivity (Wildman–Crippen MR) is 129 cm³/mol. The van der Waals surface area contributed by atoms with E-state index in [1.165, 1.54) is 13.8 Å². The second-order valence-corrected chi connectivity index (χ2v) is 8.44. The first-order valence-electron chi connectivity index (χ1n) is 11.2. The minimum atomic E-state index is -0.546. The standard InChI is InChI=1S/C26H28N4O5/c1-15(27-17(3)31)23(33)13-19-5-9-21(10-6-19)25-29-30-26(35-25)22-11-7-20(8-12-22)14-24(34)16(2)28-18(4)32/h5-12,15-16H,13-14H2,1-4H3,(H,27,31)(H,28,32)/t15-,16-/m0/s1. The van der Waals surface area contributed by atoms with Crippen LogP contribution in [0.5, 0.6) is 0 Å². The normalized spacial score (nSPS) is 12.5. The molecule has 0 fully saturated rings. The molecule has 9 heteroatoms. The maximum atomic E-state index is 12.2. The molecule has 3 aromatic rings. The van der Waals surface area contributed by atoms with Crippen LogP contribution >= 0.6 is 0 Å². The van der Waals surface area contributed by atoms with Crippen LogP contribution in [0.15, 0.2) is 52.9 Å². The van der Waals surface area contributed by atoms with Gasteiger partial charge >= 0.3 is 0 Å². The van der Waals surface area contributed by atoms with E-state index in [0.29, 0.717) is 22.9 Å². The van der Waals surface area contributed by atoms with Gasteiger partial charge in [-0.05, 0) is 49.2 Å². The number of hydrogen-bond donors (Lipinski definition) is 2. The molecule has 9 nitrogen and oxygen atoms in total. The second-order valence-electron chi connectivity index (χ2n) is 8.44. The predicted octanol–water partition coefficient (Wildman–Crippen LogP) is 2.68. The van der Waals surface area contributed by atoms with Crippen LogP contribution in [-0.2, 0) is 32.0 Å². The van der Waals surface area contributed by atoms with Crippen LogP contribution in [0.25, 0.3) is 22.9 Å². The van der Waals surface area contributed by atoms with Crippen LogP contribution in [0.1, 0.15) is 38.8 Å². The third-order valence-electron chi connectivity index (χ3n) is 5.39. The molecular weight excluding hydrogens is 448 g/mol. The van der Waals surface area contributed by atoms with Crippen LogP contribution in [0.2, 0.25) is 0 Å². The lowest BCUT2D eigenvalue weighted by molar-refractivity contribution is -0.126. The first-order valence-corrected chi connectivity index (χ1v) is 11.2. The van der Waals surface area contributed by atoms with Crippen LogP contribution in [0.3, 0.4) is 0 Å². The van der Waals surface area contributed by atoms with E-state index < -0.39 is 12.1 Å². The van der Waals surface area contributed by atoms with Crippen LogP contribution in [-0.4, -0.2) is 45.7 Å². The monoisotopic (exact) mass is 476 g/mol. The van der Waals surface area contributed by atoms with Crippen molar-refractivity contribution in [2.45, 2.75) is 52.6 Å². The highest BCUT2D eigenvalue weighted by Gasteiger charge is 2.16. The number of carbonyl (C=O) groups is 4. The molecule has 0 aliphatic carbocycles. The molecule has 1 aromatic heterocycles. The molecule has 0 saturated carbocycles. The van der Waals surface area contributed by atoms with Crippen molar-refractivity contribution in [2.75, 3.05) is 0 Å².